The normalized spacial score (nSPS) is 9.33. The van der Waals surface area contributed by atoms with E-state index in [2.05, 4.69) is 33.4 Å². The predicted molar refractivity (Wildman–Crippen MR) is 56.3 cm³/mol. The van der Waals surface area contributed by atoms with Gasteiger partial charge in [-0.2, -0.15) is 0 Å². The van der Waals surface area contributed by atoms with E-state index in [1.807, 2.05) is 0 Å². The molecule has 0 rings (SSSR count). The average molecular weight is 166 g/mol. The Morgan fingerprint density at radius 2 is 1.50 bits per heavy atom. The molecule has 0 aromatic heterocycles. The van der Waals surface area contributed by atoms with Crippen LogP contribution in [0.1, 0.15) is 59.8 Å². The summed E-state index contributed by atoms with van der Waals surface area (Å²) < 4.78 is 0. The lowest BCUT2D eigenvalue weighted by atomic mass is 10.1. The smallest absolute Gasteiger partial charge is 0.0247 e. The van der Waals surface area contributed by atoms with Crippen molar-refractivity contribution < 1.29 is 0 Å². The Balaban J connectivity index is 4.00. The van der Waals surface area contributed by atoms with Crippen LogP contribution in [0.25, 0.3) is 0 Å². The van der Waals surface area contributed by atoms with Gasteiger partial charge < -0.3 is 0 Å². The Bertz CT molecular complexity index is 168. The summed E-state index contributed by atoms with van der Waals surface area (Å²) in [6.07, 6.45) is 6.24. The van der Waals surface area contributed by atoms with Crippen molar-refractivity contribution in [1.82, 2.24) is 0 Å². The fraction of sp³-hybridized carbons (Fsp3) is 0.750. The highest BCUT2D eigenvalue weighted by atomic mass is 13.9. The van der Waals surface area contributed by atoms with Crippen LogP contribution in [0.3, 0.4) is 0 Å². The van der Waals surface area contributed by atoms with Crippen LogP contribution < -0.4 is 0 Å². The van der Waals surface area contributed by atoms with E-state index in [-0.39, 0.29) is 0 Å². The van der Waals surface area contributed by atoms with Crippen molar-refractivity contribution in [2.45, 2.75) is 59.8 Å². The van der Waals surface area contributed by atoms with Gasteiger partial charge in [0.2, 0.25) is 0 Å². The van der Waals surface area contributed by atoms with Gasteiger partial charge in [0.05, 0.1) is 0 Å². The molecule has 0 aliphatic heterocycles. The third-order valence-corrected chi connectivity index (χ3v) is 1.96. The maximum Gasteiger partial charge on any atom is -0.0247 e. The van der Waals surface area contributed by atoms with Gasteiger partial charge in [-0.15, -0.1) is 5.73 Å². The fourth-order valence-corrected chi connectivity index (χ4v) is 1.31. The Labute approximate surface area is 77.4 Å². The molecular weight excluding hydrogens is 144 g/mol. The van der Waals surface area contributed by atoms with Gasteiger partial charge in [0.1, 0.15) is 0 Å². The largest absolute Gasteiger partial charge is 0.123 e. The molecule has 0 aliphatic carbocycles. The van der Waals surface area contributed by atoms with Gasteiger partial charge in [0.15, 0.2) is 0 Å². The number of rotatable bonds is 5. The first-order valence-electron chi connectivity index (χ1n) is 5.12. The Kier molecular flexibility index (Phi) is 6.90. The van der Waals surface area contributed by atoms with E-state index < -0.39 is 0 Å². The van der Waals surface area contributed by atoms with Crippen LogP contribution in [0.2, 0.25) is 0 Å². The molecule has 0 aromatic carbocycles. The predicted octanol–water partition coefficient (Wildman–Crippen LogP) is 4.47. The molecule has 0 unspecified atom stereocenters. The van der Waals surface area contributed by atoms with Crippen LogP contribution >= 0.6 is 0 Å². The molecule has 0 spiro atoms. The lowest BCUT2D eigenvalue weighted by Gasteiger charge is -1.96. The molecule has 0 aliphatic rings. The van der Waals surface area contributed by atoms with Crippen LogP contribution in [0.4, 0.5) is 0 Å². The Hall–Kier alpha value is -0.480. The van der Waals surface area contributed by atoms with Crippen molar-refractivity contribution in [1.29, 1.82) is 0 Å². The maximum atomic E-state index is 3.45. The highest BCUT2D eigenvalue weighted by Gasteiger charge is 1.88. The van der Waals surface area contributed by atoms with Crippen LogP contribution in [-0.2, 0) is 0 Å². The quantitative estimate of drug-likeness (QED) is 0.529. The highest BCUT2D eigenvalue weighted by Crippen LogP contribution is 2.08. The molecule has 0 heterocycles. The molecule has 0 radical (unpaired) electrons. The van der Waals surface area contributed by atoms with E-state index in [1.165, 1.54) is 43.3 Å². The first-order valence-corrected chi connectivity index (χ1v) is 5.12. The van der Waals surface area contributed by atoms with Crippen LogP contribution in [0.15, 0.2) is 16.9 Å². The van der Waals surface area contributed by atoms with Gasteiger partial charge in [-0.05, 0) is 44.3 Å². The molecule has 0 saturated carbocycles. The molecule has 0 N–H and O–H groups in total. The second-order valence-corrected chi connectivity index (χ2v) is 3.54. The van der Waals surface area contributed by atoms with E-state index >= 15 is 0 Å². The first kappa shape index (κ1) is 11.5. The minimum absolute atomic E-state index is 1.20. The molecule has 0 nitrogen and oxygen atoms in total. The van der Waals surface area contributed by atoms with Crippen LogP contribution in [-0.4, -0.2) is 0 Å². The molecule has 12 heavy (non-hydrogen) atoms. The molecule has 0 fully saturated rings. The molecule has 70 valence electrons. The number of hydrogen-bond donors (Lipinski definition) is 0. The van der Waals surface area contributed by atoms with Gasteiger partial charge in [-0.3, -0.25) is 0 Å². The molecule has 0 heteroatoms. The number of hydrogen-bond acceptors (Lipinski definition) is 0. The van der Waals surface area contributed by atoms with Gasteiger partial charge in [0, 0.05) is 0 Å². The van der Waals surface area contributed by atoms with Crippen molar-refractivity contribution in [3.63, 3.8) is 0 Å². The van der Waals surface area contributed by atoms with Crippen LogP contribution in [0.5, 0.6) is 0 Å². The lowest BCUT2D eigenvalue weighted by molar-refractivity contribution is 0.787. The SMILES string of the molecule is CCCCC(C)=C=C(C)CCC. The first-order chi connectivity index (χ1) is 5.70. The summed E-state index contributed by atoms with van der Waals surface area (Å²) in [5.74, 6) is 0. The second kappa shape index (κ2) is 7.18. The summed E-state index contributed by atoms with van der Waals surface area (Å²) in [6.45, 7) is 8.82. The van der Waals surface area contributed by atoms with E-state index in [1.54, 1.807) is 0 Å². The van der Waals surface area contributed by atoms with E-state index in [0.717, 1.165) is 0 Å². The van der Waals surface area contributed by atoms with Crippen LogP contribution in [0, 0.1) is 0 Å². The standard InChI is InChI=1S/C12H22/c1-5-7-9-12(4)10-11(3)8-6-2/h5-9H2,1-4H3. The summed E-state index contributed by atoms with van der Waals surface area (Å²) in [4.78, 5) is 0. The maximum absolute atomic E-state index is 3.45. The minimum Gasteiger partial charge on any atom is -0.123 e. The molecule has 0 saturated heterocycles. The summed E-state index contributed by atoms with van der Waals surface area (Å²) in [6, 6.07) is 0. The zero-order valence-corrected chi connectivity index (χ0v) is 9.04. The van der Waals surface area contributed by atoms with E-state index in [0.29, 0.717) is 0 Å². The Morgan fingerprint density at radius 1 is 0.917 bits per heavy atom. The third-order valence-electron chi connectivity index (χ3n) is 1.96. The third kappa shape index (κ3) is 6.24. The summed E-state index contributed by atoms with van der Waals surface area (Å²) in [5, 5.41) is 0. The van der Waals surface area contributed by atoms with Gasteiger partial charge >= 0.3 is 0 Å². The van der Waals surface area contributed by atoms with Gasteiger partial charge in [-0.1, -0.05) is 26.7 Å². The summed E-state index contributed by atoms with van der Waals surface area (Å²) in [5.41, 5.74) is 6.28. The number of allylic oxidation sites excluding steroid dienone is 1. The number of unbranched alkanes of at least 4 members (excludes halogenated alkanes) is 1. The van der Waals surface area contributed by atoms with Crippen molar-refractivity contribution in [2.75, 3.05) is 0 Å². The van der Waals surface area contributed by atoms with E-state index in [4.69, 9.17) is 0 Å². The minimum atomic E-state index is 1.20. The second-order valence-electron chi connectivity index (χ2n) is 3.54. The Morgan fingerprint density at radius 3 is 2.00 bits per heavy atom. The summed E-state index contributed by atoms with van der Waals surface area (Å²) in [7, 11) is 0. The van der Waals surface area contributed by atoms with Crippen molar-refractivity contribution >= 4 is 0 Å². The van der Waals surface area contributed by atoms with Gasteiger partial charge in [-0.25, -0.2) is 0 Å². The zero-order valence-electron chi connectivity index (χ0n) is 9.04. The van der Waals surface area contributed by atoms with Crippen molar-refractivity contribution in [3.8, 4) is 0 Å². The van der Waals surface area contributed by atoms with Crippen molar-refractivity contribution in [2.24, 2.45) is 0 Å². The van der Waals surface area contributed by atoms with Crippen molar-refractivity contribution in [3.05, 3.63) is 16.9 Å². The molecule has 0 amide bonds. The van der Waals surface area contributed by atoms with E-state index in [9.17, 15) is 0 Å². The molecular formula is C12H22. The molecule has 0 atom stereocenters. The fourth-order valence-electron chi connectivity index (χ4n) is 1.31. The zero-order chi connectivity index (χ0) is 9.40. The molecule has 0 bridgehead atoms. The lowest BCUT2D eigenvalue weighted by Crippen LogP contribution is -1.77. The molecule has 0 aromatic rings. The monoisotopic (exact) mass is 166 g/mol. The van der Waals surface area contributed by atoms with Gasteiger partial charge in [0.25, 0.3) is 0 Å². The average Bonchev–Trinajstić information content (AvgIpc) is 2.01. The highest BCUT2D eigenvalue weighted by molar-refractivity contribution is 5.05. The topological polar surface area (TPSA) is 0 Å². The summed E-state index contributed by atoms with van der Waals surface area (Å²) >= 11 is 0.